The van der Waals surface area contributed by atoms with Crippen LogP contribution in [0, 0.1) is 0 Å². The number of hydrogen-bond donors (Lipinski definition) is 2. The van der Waals surface area contributed by atoms with Crippen molar-refractivity contribution in [3.05, 3.63) is 35.9 Å². The average molecular weight is 210 g/mol. The first-order valence-electron chi connectivity index (χ1n) is 4.69. The third kappa shape index (κ3) is 3.69. The number of ether oxygens (including phenoxy) is 1. The van der Waals surface area contributed by atoms with Gasteiger partial charge >= 0.3 is 5.97 Å². The van der Waals surface area contributed by atoms with Crippen LogP contribution in [0.4, 0.5) is 0 Å². The molecule has 2 unspecified atom stereocenters. The van der Waals surface area contributed by atoms with Crippen molar-refractivity contribution in [2.45, 2.75) is 19.1 Å². The standard InChI is InChI=1S/C11H14O4/c1-8(12)7-15-11(14)10(13)9-5-3-2-4-6-9/h2-6,8,10,12-13H,7H2,1H3. The Morgan fingerprint density at radius 2 is 1.93 bits per heavy atom. The van der Waals surface area contributed by atoms with Crippen LogP contribution in [0.5, 0.6) is 0 Å². The van der Waals surface area contributed by atoms with Crippen LogP contribution in [-0.2, 0) is 9.53 Å². The zero-order valence-corrected chi connectivity index (χ0v) is 8.46. The van der Waals surface area contributed by atoms with Crippen molar-refractivity contribution in [1.82, 2.24) is 0 Å². The molecule has 2 N–H and O–H groups in total. The van der Waals surface area contributed by atoms with Gasteiger partial charge in [0.1, 0.15) is 6.61 Å². The molecule has 0 aliphatic carbocycles. The van der Waals surface area contributed by atoms with Gasteiger partial charge in [-0.15, -0.1) is 0 Å². The lowest BCUT2D eigenvalue weighted by Crippen LogP contribution is -2.20. The van der Waals surface area contributed by atoms with E-state index in [4.69, 9.17) is 5.11 Å². The summed E-state index contributed by atoms with van der Waals surface area (Å²) < 4.78 is 4.68. The van der Waals surface area contributed by atoms with Crippen LogP contribution >= 0.6 is 0 Å². The van der Waals surface area contributed by atoms with E-state index in [2.05, 4.69) is 4.74 Å². The summed E-state index contributed by atoms with van der Waals surface area (Å²) in [6, 6.07) is 8.50. The zero-order chi connectivity index (χ0) is 11.3. The van der Waals surface area contributed by atoms with E-state index < -0.39 is 18.2 Å². The van der Waals surface area contributed by atoms with Crippen molar-refractivity contribution >= 4 is 5.97 Å². The van der Waals surface area contributed by atoms with Crippen molar-refractivity contribution in [3.63, 3.8) is 0 Å². The number of aliphatic hydroxyl groups is 2. The number of esters is 1. The van der Waals surface area contributed by atoms with Crippen LogP contribution in [0.2, 0.25) is 0 Å². The maximum atomic E-state index is 11.3. The lowest BCUT2D eigenvalue weighted by Gasteiger charge is -2.11. The maximum Gasteiger partial charge on any atom is 0.339 e. The van der Waals surface area contributed by atoms with Crippen LogP contribution in [0.25, 0.3) is 0 Å². The molecule has 2 atom stereocenters. The summed E-state index contributed by atoms with van der Waals surface area (Å²) in [5, 5.41) is 18.4. The second-order valence-corrected chi connectivity index (χ2v) is 3.29. The molecular weight excluding hydrogens is 196 g/mol. The molecule has 1 rings (SSSR count). The van der Waals surface area contributed by atoms with E-state index in [-0.39, 0.29) is 6.61 Å². The average Bonchev–Trinajstić information content (AvgIpc) is 2.26. The minimum absolute atomic E-state index is 0.108. The van der Waals surface area contributed by atoms with Gasteiger partial charge < -0.3 is 14.9 Å². The molecule has 0 saturated carbocycles. The first-order valence-corrected chi connectivity index (χ1v) is 4.69. The Hall–Kier alpha value is -1.39. The largest absolute Gasteiger partial charge is 0.461 e. The Kier molecular flexibility index (Phi) is 4.27. The van der Waals surface area contributed by atoms with Gasteiger partial charge in [-0.3, -0.25) is 0 Å². The Morgan fingerprint density at radius 3 is 2.47 bits per heavy atom. The van der Waals surface area contributed by atoms with Crippen molar-refractivity contribution in [2.24, 2.45) is 0 Å². The second-order valence-electron chi connectivity index (χ2n) is 3.29. The van der Waals surface area contributed by atoms with Gasteiger partial charge in [-0.25, -0.2) is 4.79 Å². The van der Waals surface area contributed by atoms with Crippen LogP contribution in [0.1, 0.15) is 18.6 Å². The quantitative estimate of drug-likeness (QED) is 0.716. The fourth-order valence-electron chi connectivity index (χ4n) is 1.05. The Morgan fingerprint density at radius 1 is 1.33 bits per heavy atom. The number of aliphatic hydroxyl groups excluding tert-OH is 2. The molecule has 0 bridgehead atoms. The zero-order valence-electron chi connectivity index (χ0n) is 8.46. The molecule has 82 valence electrons. The highest BCUT2D eigenvalue weighted by Crippen LogP contribution is 2.13. The first kappa shape index (κ1) is 11.7. The van der Waals surface area contributed by atoms with Crippen LogP contribution in [0.15, 0.2) is 30.3 Å². The molecule has 0 aliphatic rings. The number of carbonyl (C=O) groups excluding carboxylic acids is 1. The summed E-state index contributed by atoms with van der Waals surface area (Å²) >= 11 is 0. The summed E-state index contributed by atoms with van der Waals surface area (Å²) in [5.74, 6) is -0.748. The number of benzene rings is 1. The molecule has 0 heterocycles. The van der Waals surface area contributed by atoms with Crippen LogP contribution in [0.3, 0.4) is 0 Å². The van der Waals surface area contributed by atoms with Gasteiger partial charge in [-0.05, 0) is 12.5 Å². The van der Waals surface area contributed by atoms with E-state index in [0.717, 1.165) is 0 Å². The van der Waals surface area contributed by atoms with Gasteiger partial charge in [0.15, 0.2) is 6.10 Å². The first-order chi connectivity index (χ1) is 7.11. The predicted molar refractivity (Wildman–Crippen MR) is 54.0 cm³/mol. The van der Waals surface area contributed by atoms with Gasteiger partial charge in [-0.2, -0.15) is 0 Å². The number of rotatable bonds is 4. The maximum absolute atomic E-state index is 11.3. The number of hydrogen-bond acceptors (Lipinski definition) is 4. The smallest absolute Gasteiger partial charge is 0.339 e. The molecule has 15 heavy (non-hydrogen) atoms. The number of carbonyl (C=O) groups is 1. The highest BCUT2D eigenvalue weighted by molar-refractivity contribution is 5.76. The molecule has 0 fully saturated rings. The fourth-order valence-corrected chi connectivity index (χ4v) is 1.05. The Labute approximate surface area is 88.1 Å². The van der Waals surface area contributed by atoms with Gasteiger partial charge in [0.05, 0.1) is 6.10 Å². The predicted octanol–water partition coefficient (Wildman–Crippen LogP) is 0.644. The topological polar surface area (TPSA) is 66.8 Å². The third-order valence-corrected chi connectivity index (χ3v) is 1.81. The molecule has 0 aliphatic heterocycles. The fraction of sp³-hybridized carbons (Fsp3) is 0.364. The van der Waals surface area contributed by atoms with Gasteiger partial charge in [0, 0.05) is 0 Å². The minimum Gasteiger partial charge on any atom is -0.461 e. The molecule has 0 saturated heterocycles. The molecule has 0 aromatic heterocycles. The van der Waals surface area contributed by atoms with Crippen molar-refractivity contribution < 1.29 is 19.7 Å². The van der Waals surface area contributed by atoms with E-state index in [9.17, 15) is 9.90 Å². The van der Waals surface area contributed by atoms with Crippen molar-refractivity contribution in [1.29, 1.82) is 0 Å². The summed E-state index contributed by atoms with van der Waals surface area (Å²) in [6.45, 7) is 1.39. The highest BCUT2D eigenvalue weighted by Gasteiger charge is 2.18. The highest BCUT2D eigenvalue weighted by atomic mass is 16.6. The summed E-state index contributed by atoms with van der Waals surface area (Å²) in [7, 11) is 0. The summed E-state index contributed by atoms with van der Waals surface area (Å²) in [4.78, 5) is 11.3. The molecule has 0 spiro atoms. The van der Waals surface area contributed by atoms with Crippen LogP contribution in [-0.4, -0.2) is 28.9 Å². The Bertz CT molecular complexity index is 308. The SMILES string of the molecule is CC(O)COC(=O)C(O)c1ccccc1. The molecule has 0 radical (unpaired) electrons. The third-order valence-electron chi connectivity index (χ3n) is 1.81. The minimum atomic E-state index is -1.29. The van der Waals surface area contributed by atoms with Crippen molar-refractivity contribution in [3.8, 4) is 0 Å². The normalized spacial score (nSPS) is 14.3. The van der Waals surface area contributed by atoms with E-state index in [0.29, 0.717) is 5.56 Å². The van der Waals surface area contributed by atoms with E-state index in [1.54, 1.807) is 30.3 Å². The van der Waals surface area contributed by atoms with Gasteiger partial charge in [0.2, 0.25) is 0 Å². The van der Waals surface area contributed by atoms with Crippen molar-refractivity contribution in [2.75, 3.05) is 6.61 Å². The van der Waals surface area contributed by atoms with Crippen LogP contribution < -0.4 is 0 Å². The lowest BCUT2D eigenvalue weighted by atomic mass is 10.1. The Balaban J connectivity index is 2.54. The second kappa shape index (κ2) is 5.48. The van der Waals surface area contributed by atoms with E-state index in [1.807, 2.05) is 0 Å². The summed E-state index contributed by atoms with van der Waals surface area (Å²) in [5.41, 5.74) is 0.480. The van der Waals surface area contributed by atoms with E-state index >= 15 is 0 Å². The molecule has 4 nitrogen and oxygen atoms in total. The molecule has 4 heteroatoms. The monoisotopic (exact) mass is 210 g/mol. The molecule has 1 aromatic carbocycles. The molecule has 0 amide bonds. The van der Waals surface area contributed by atoms with Gasteiger partial charge in [0.25, 0.3) is 0 Å². The van der Waals surface area contributed by atoms with Gasteiger partial charge in [-0.1, -0.05) is 30.3 Å². The lowest BCUT2D eigenvalue weighted by molar-refractivity contribution is -0.156. The molecular formula is C11H14O4. The summed E-state index contributed by atoms with van der Waals surface area (Å²) in [6.07, 6.45) is -2.01. The molecule has 1 aromatic rings. The van der Waals surface area contributed by atoms with E-state index in [1.165, 1.54) is 6.92 Å².